The van der Waals surface area contributed by atoms with Crippen LogP contribution in [0, 0.1) is 6.92 Å². The fourth-order valence-electron chi connectivity index (χ4n) is 2.64. The molecule has 0 N–H and O–H groups in total. The molecule has 0 bridgehead atoms. The highest BCUT2D eigenvalue weighted by molar-refractivity contribution is 9.12. The van der Waals surface area contributed by atoms with Gasteiger partial charge in [-0.15, -0.1) is 0 Å². The Kier molecular flexibility index (Phi) is 6.11. The summed E-state index contributed by atoms with van der Waals surface area (Å²) in [5, 5.41) is -5.89. The summed E-state index contributed by atoms with van der Waals surface area (Å²) in [5.74, 6) is -6.49. The van der Waals surface area contributed by atoms with Gasteiger partial charge in [0.15, 0.2) is 0 Å². The summed E-state index contributed by atoms with van der Waals surface area (Å²) in [6, 6.07) is 5.62. The fraction of sp³-hybridized carbons (Fsp3) is 0.375. The lowest BCUT2D eigenvalue weighted by atomic mass is 9.90. The summed E-state index contributed by atoms with van der Waals surface area (Å²) in [7, 11) is -4.01. The Labute approximate surface area is 169 Å². The molecule has 1 nitrogen and oxygen atoms in total. The maximum atomic E-state index is 14.3. The highest BCUT2D eigenvalue weighted by atomic mass is 79.9. The van der Waals surface area contributed by atoms with E-state index >= 15 is 0 Å². The molecule has 1 atom stereocenters. The lowest BCUT2D eigenvalue weighted by Crippen LogP contribution is -2.57. The average Bonchev–Trinajstić information content (AvgIpc) is 2.52. The topological polar surface area (TPSA) is 17.1 Å². The van der Waals surface area contributed by atoms with Crippen LogP contribution < -0.4 is 0 Å². The Morgan fingerprint density at radius 1 is 0.963 bits per heavy atom. The van der Waals surface area contributed by atoms with E-state index in [0.29, 0.717) is 5.56 Å². The molecule has 2 rings (SSSR count). The van der Waals surface area contributed by atoms with Gasteiger partial charge in [0.05, 0.1) is 0 Å². The Bertz CT molecular complexity index is 812. The molecule has 1 aliphatic rings. The van der Waals surface area contributed by atoms with Crippen molar-refractivity contribution in [3.05, 3.63) is 56.5 Å². The second-order valence-corrected chi connectivity index (χ2v) is 9.59. The molecule has 0 radical (unpaired) electrons. The molecule has 0 spiro atoms. The molecule has 0 aliphatic heterocycles. The SMILES string of the molecule is Cc1ccccc1C1(S(=O)C(F)(F)C(F)(F)C(F)(F)F)C=C(Br)CC(Br)=C1. The molecule has 11 heteroatoms. The maximum Gasteiger partial charge on any atom is 0.461 e. The van der Waals surface area contributed by atoms with Gasteiger partial charge in [0, 0.05) is 6.42 Å². The van der Waals surface area contributed by atoms with Gasteiger partial charge in [0.25, 0.3) is 0 Å². The van der Waals surface area contributed by atoms with Gasteiger partial charge in [0.1, 0.15) is 15.5 Å². The zero-order valence-electron chi connectivity index (χ0n) is 13.4. The van der Waals surface area contributed by atoms with Crippen molar-refractivity contribution in [3.8, 4) is 0 Å². The van der Waals surface area contributed by atoms with Crippen LogP contribution in [0.15, 0.2) is 45.4 Å². The van der Waals surface area contributed by atoms with E-state index in [1.54, 1.807) is 0 Å². The van der Waals surface area contributed by atoms with Crippen molar-refractivity contribution >= 4 is 42.7 Å². The van der Waals surface area contributed by atoms with E-state index in [2.05, 4.69) is 31.9 Å². The predicted octanol–water partition coefficient (Wildman–Crippen LogP) is 6.69. The van der Waals surface area contributed by atoms with Crippen LogP contribution >= 0.6 is 31.9 Å². The van der Waals surface area contributed by atoms with Gasteiger partial charge in [-0.2, -0.15) is 30.7 Å². The highest BCUT2D eigenvalue weighted by Gasteiger charge is 2.77. The van der Waals surface area contributed by atoms with Gasteiger partial charge in [-0.3, -0.25) is 4.21 Å². The number of hydrogen-bond donors (Lipinski definition) is 0. The second kappa shape index (κ2) is 7.29. The van der Waals surface area contributed by atoms with E-state index in [4.69, 9.17) is 0 Å². The zero-order chi connectivity index (χ0) is 20.8. The standard InChI is InChI=1S/C16H11Br2F7OS/c1-9-4-2-3-5-12(9)13(7-10(17)6-11(18)8-13)27(26)16(24,25)14(19,20)15(21,22)23/h2-5,7-8H,6H2,1H3. The summed E-state index contributed by atoms with van der Waals surface area (Å²) < 4.78 is 104. The minimum Gasteiger partial charge on any atom is -0.252 e. The van der Waals surface area contributed by atoms with Crippen LogP contribution in [-0.4, -0.2) is 21.6 Å². The molecular weight excluding hydrogens is 533 g/mol. The lowest BCUT2D eigenvalue weighted by molar-refractivity contribution is -0.331. The smallest absolute Gasteiger partial charge is 0.252 e. The summed E-state index contributed by atoms with van der Waals surface area (Å²) in [5.41, 5.74) is 0.224. The third-order valence-corrected chi connectivity index (χ3v) is 6.72. The first kappa shape index (κ1) is 22.6. The van der Waals surface area contributed by atoms with E-state index in [1.807, 2.05) is 0 Å². The Morgan fingerprint density at radius 3 is 1.89 bits per heavy atom. The van der Waals surface area contributed by atoms with Crippen molar-refractivity contribution in [2.75, 3.05) is 0 Å². The fourth-order valence-corrected chi connectivity index (χ4v) is 6.34. The molecule has 0 fully saturated rings. The van der Waals surface area contributed by atoms with Crippen LogP contribution in [0.1, 0.15) is 17.5 Å². The number of allylic oxidation sites excluding steroid dienone is 2. The number of alkyl halides is 7. The van der Waals surface area contributed by atoms with Gasteiger partial charge in [-0.25, -0.2) is 0 Å². The van der Waals surface area contributed by atoms with Gasteiger partial charge in [-0.1, -0.05) is 56.1 Å². The van der Waals surface area contributed by atoms with Crippen molar-refractivity contribution in [1.82, 2.24) is 0 Å². The number of benzene rings is 1. The van der Waals surface area contributed by atoms with E-state index in [-0.39, 0.29) is 20.9 Å². The van der Waals surface area contributed by atoms with Gasteiger partial charge in [-0.05, 0) is 39.2 Å². The first-order valence-corrected chi connectivity index (χ1v) is 9.95. The van der Waals surface area contributed by atoms with Gasteiger partial charge in [0.2, 0.25) is 0 Å². The van der Waals surface area contributed by atoms with Crippen molar-refractivity contribution in [3.63, 3.8) is 0 Å². The molecule has 1 unspecified atom stereocenters. The largest absolute Gasteiger partial charge is 0.461 e. The molecule has 150 valence electrons. The first-order chi connectivity index (χ1) is 12.2. The lowest BCUT2D eigenvalue weighted by Gasteiger charge is -2.37. The van der Waals surface area contributed by atoms with Crippen molar-refractivity contribution in [1.29, 1.82) is 0 Å². The summed E-state index contributed by atoms with van der Waals surface area (Å²) in [6.45, 7) is 1.45. The quantitative estimate of drug-likeness (QED) is 0.387. The normalized spacial score (nSPS) is 19.3. The van der Waals surface area contributed by atoms with Crippen LogP contribution in [0.2, 0.25) is 0 Å². The number of rotatable bonds is 4. The molecule has 27 heavy (non-hydrogen) atoms. The molecule has 1 aromatic carbocycles. The molecule has 0 heterocycles. The Morgan fingerprint density at radius 2 is 1.44 bits per heavy atom. The molecule has 0 amide bonds. The molecule has 1 aromatic rings. The Hall–Kier alpha value is -0.680. The summed E-state index contributed by atoms with van der Waals surface area (Å²) >= 11 is 6.10. The minimum atomic E-state index is -6.57. The number of halogens is 9. The van der Waals surface area contributed by atoms with Gasteiger partial charge < -0.3 is 0 Å². The van der Waals surface area contributed by atoms with E-state index in [0.717, 1.165) is 12.2 Å². The predicted molar refractivity (Wildman–Crippen MR) is 95.6 cm³/mol. The number of hydrogen-bond acceptors (Lipinski definition) is 1. The average molecular weight is 544 g/mol. The van der Waals surface area contributed by atoms with Crippen LogP contribution in [0.4, 0.5) is 30.7 Å². The molecule has 0 saturated heterocycles. The number of aryl methyl sites for hydroxylation is 1. The molecule has 0 saturated carbocycles. The van der Waals surface area contributed by atoms with Crippen molar-refractivity contribution in [2.45, 2.75) is 35.4 Å². The summed E-state index contributed by atoms with van der Waals surface area (Å²) in [4.78, 5) is 0. The molecular formula is C16H11Br2F7OS. The van der Waals surface area contributed by atoms with Crippen LogP contribution in [0.25, 0.3) is 0 Å². The molecule has 1 aliphatic carbocycles. The van der Waals surface area contributed by atoms with E-state index in [9.17, 15) is 34.9 Å². The highest BCUT2D eigenvalue weighted by Crippen LogP contribution is 2.54. The third kappa shape index (κ3) is 3.78. The third-order valence-electron chi connectivity index (χ3n) is 3.91. The zero-order valence-corrected chi connectivity index (χ0v) is 17.4. The maximum absolute atomic E-state index is 14.3. The minimum absolute atomic E-state index is 0.0745. The Balaban J connectivity index is 2.79. The van der Waals surface area contributed by atoms with Crippen LogP contribution in [0.5, 0.6) is 0 Å². The van der Waals surface area contributed by atoms with Crippen LogP contribution in [-0.2, 0) is 15.5 Å². The monoisotopic (exact) mass is 542 g/mol. The first-order valence-electron chi connectivity index (χ1n) is 7.21. The van der Waals surface area contributed by atoms with Crippen molar-refractivity contribution in [2.24, 2.45) is 0 Å². The van der Waals surface area contributed by atoms with Gasteiger partial charge >= 0.3 is 17.4 Å². The molecule has 0 aromatic heterocycles. The van der Waals surface area contributed by atoms with Crippen LogP contribution in [0.3, 0.4) is 0 Å². The second-order valence-electron chi connectivity index (χ2n) is 5.82. The van der Waals surface area contributed by atoms with E-state index in [1.165, 1.54) is 31.2 Å². The van der Waals surface area contributed by atoms with E-state index < -0.39 is 32.9 Å². The summed E-state index contributed by atoms with van der Waals surface area (Å²) in [6.07, 6.45) is -4.46. The van der Waals surface area contributed by atoms with Crippen molar-refractivity contribution < 1.29 is 34.9 Å².